The second-order valence-electron chi connectivity index (χ2n) is 4.04. The quantitative estimate of drug-likeness (QED) is 0.544. The Kier molecular flexibility index (Phi) is 4.30. The molecule has 0 amide bonds. The zero-order valence-electron chi connectivity index (χ0n) is 10.0. The molecule has 0 spiro atoms. The first-order valence-corrected chi connectivity index (χ1v) is 8.50. The predicted molar refractivity (Wildman–Crippen MR) is 56.1 cm³/mol. The first kappa shape index (κ1) is 13.1. The van der Waals surface area contributed by atoms with Crippen LogP contribution in [-0.2, 0) is 35.7 Å². The van der Waals surface area contributed by atoms with Crippen molar-refractivity contribution in [2.45, 2.75) is 39.2 Å². The molecule has 0 N–H and O–H groups in total. The maximum absolute atomic E-state index is 12.0. The molecule has 1 unspecified atom stereocenters. The fourth-order valence-corrected chi connectivity index (χ4v) is 4.51. The maximum atomic E-state index is 12.0. The summed E-state index contributed by atoms with van der Waals surface area (Å²) in [7, 11) is 1.69. The number of ketones is 1. The van der Waals surface area contributed by atoms with E-state index in [1.165, 1.54) is 5.57 Å². The molecule has 0 bridgehead atoms. The number of hydrogen-bond acceptors (Lipinski definition) is 2. The van der Waals surface area contributed by atoms with Gasteiger partial charge in [-0.2, -0.15) is 0 Å². The number of methoxy groups -OCH3 is 1. The van der Waals surface area contributed by atoms with Gasteiger partial charge in [-0.15, -0.1) is 0 Å². The van der Waals surface area contributed by atoms with Gasteiger partial charge < -0.3 is 0 Å². The number of allylic oxidation sites excluding steroid dienone is 1. The number of Topliss-reactive ketones (excluding diaryl/α,β-unsaturated/α-hetero) is 1. The number of rotatable bonds is 3. The Balaban J connectivity index is 3.26. The number of carbonyl (C=O) groups excluding carboxylic acids is 1. The van der Waals surface area contributed by atoms with Gasteiger partial charge in [0.1, 0.15) is 0 Å². The predicted octanol–water partition coefficient (Wildman–Crippen LogP) is 2.52. The van der Waals surface area contributed by atoms with Crippen molar-refractivity contribution in [3.63, 3.8) is 0 Å². The van der Waals surface area contributed by atoms with E-state index in [2.05, 4.69) is 10.5 Å². The van der Waals surface area contributed by atoms with E-state index in [0.29, 0.717) is 26.1 Å². The molecule has 15 heavy (non-hydrogen) atoms. The van der Waals surface area contributed by atoms with Gasteiger partial charge in [0.25, 0.3) is 0 Å². The van der Waals surface area contributed by atoms with Crippen LogP contribution in [-0.4, -0.2) is 18.5 Å². The third-order valence-corrected chi connectivity index (χ3v) is 4.83. The van der Waals surface area contributed by atoms with Gasteiger partial charge in [-0.3, -0.25) is 0 Å². The van der Waals surface area contributed by atoms with Crippen molar-refractivity contribution in [3.05, 3.63) is 20.3 Å². The minimum atomic E-state index is -0.446. The molecule has 0 heterocycles. The SMILES string of the molecule is CCCC1=C(C)C(=O)/C(=[CH]\[Hg])C1(C)OC. The molecular formula is C12H17HgO2. The van der Waals surface area contributed by atoms with Gasteiger partial charge in [0.2, 0.25) is 0 Å². The van der Waals surface area contributed by atoms with E-state index in [0.717, 1.165) is 24.0 Å². The third kappa shape index (κ3) is 1.98. The molecule has 0 aromatic rings. The van der Waals surface area contributed by atoms with Crippen LogP contribution in [0.3, 0.4) is 0 Å². The van der Waals surface area contributed by atoms with Gasteiger partial charge in [0.05, 0.1) is 0 Å². The molecule has 1 atom stereocenters. The molecule has 2 nitrogen and oxygen atoms in total. The molecule has 1 rings (SSSR count). The van der Waals surface area contributed by atoms with E-state index < -0.39 is 5.60 Å². The first-order valence-electron chi connectivity index (χ1n) is 5.32. The van der Waals surface area contributed by atoms with E-state index in [4.69, 9.17) is 4.74 Å². The minimum absolute atomic E-state index is 0.192. The molecular weight excluding hydrogens is 377 g/mol. The van der Waals surface area contributed by atoms with E-state index in [1.54, 1.807) is 7.11 Å². The Bertz CT molecular complexity index is 342. The van der Waals surface area contributed by atoms with Crippen molar-refractivity contribution in [2.75, 3.05) is 7.11 Å². The molecule has 1 aliphatic carbocycles. The van der Waals surface area contributed by atoms with Gasteiger partial charge in [-0.1, -0.05) is 0 Å². The van der Waals surface area contributed by atoms with E-state index >= 15 is 0 Å². The average Bonchev–Trinajstić information content (AvgIpc) is 2.41. The van der Waals surface area contributed by atoms with Crippen molar-refractivity contribution in [1.29, 1.82) is 0 Å². The van der Waals surface area contributed by atoms with Crippen molar-refractivity contribution in [2.24, 2.45) is 0 Å². The van der Waals surface area contributed by atoms with Crippen LogP contribution < -0.4 is 0 Å². The van der Waals surface area contributed by atoms with Crippen LogP contribution in [0.2, 0.25) is 0 Å². The number of carbonyl (C=O) groups is 1. The monoisotopic (exact) mass is 395 g/mol. The van der Waals surface area contributed by atoms with Crippen molar-refractivity contribution in [3.8, 4) is 0 Å². The fourth-order valence-electron chi connectivity index (χ4n) is 2.27. The average molecular weight is 394 g/mol. The van der Waals surface area contributed by atoms with Crippen LogP contribution in [0.1, 0.15) is 33.6 Å². The second-order valence-corrected chi connectivity index (χ2v) is 5.62. The van der Waals surface area contributed by atoms with Crippen molar-refractivity contribution < 1.29 is 35.7 Å². The molecule has 0 fully saturated rings. The summed E-state index contributed by atoms with van der Waals surface area (Å²) in [6, 6.07) is 0. The summed E-state index contributed by atoms with van der Waals surface area (Å²) < 4.78 is 7.66. The van der Waals surface area contributed by atoms with Crippen LogP contribution in [0.15, 0.2) is 20.3 Å². The Morgan fingerprint density at radius 1 is 1.53 bits per heavy atom. The molecule has 0 aliphatic heterocycles. The van der Waals surface area contributed by atoms with E-state index in [-0.39, 0.29) is 5.78 Å². The second kappa shape index (κ2) is 4.92. The molecule has 0 saturated carbocycles. The summed E-state index contributed by atoms with van der Waals surface area (Å²) in [5.74, 6) is 0.192. The molecule has 3 heteroatoms. The zero-order valence-corrected chi connectivity index (χ0v) is 15.5. The van der Waals surface area contributed by atoms with Gasteiger partial charge in [0.15, 0.2) is 0 Å². The van der Waals surface area contributed by atoms with E-state index in [9.17, 15) is 4.79 Å². The van der Waals surface area contributed by atoms with Crippen LogP contribution in [0.25, 0.3) is 0 Å². The molecule has 79 valence electrons. The normalized spacial score (nSPS) is 29.5. The van der Waals surface area contributed by atoms with E-state index in [1.807, 2.05) is 13.8 Å². The molecule has 0 aromatic carbocycles. The Morgan fingerprint density at radius 3 is 2.53 bits per heavy atom. The Labute approximate surface area is 108 Å². The summed E-state index contributed by atoms with van der Waals surface area (Å²) in [5, 5.41) is 0. The summed E-state index contributed by atoms with van der Waals surface area (Å²) in [6.45, 7) is 6.08. The standard InChI is InChI=1S/C12H17O2.Hg/c1-6-7-10-8(2)11(13)9(3)12(10,4)14-5;/h3H,6-7H2,1-2,4-5H3;. The summed E-state index contributed by atoms with van der Waals surface area (Å²) in [5.41, 5.74) is 2.50. The van der Waals surface area contributed by atoms with Gasteiger partial charge in [-0.25, -0.2) is 0 Å². The summed E-state index contributed by atoms with van der Waals surface area (Å²) >= 11 is 0.491. The van der Waals surface area contributed by atoms with Crippen LogP contribution in [0.5, 0.6) is 0 Å². The third-order valence-electron chi connectivity index (χ3n) is 3.24. The molecule has 0 aromatic heterocycles. The first-order chi connectivity index (χ1) is 7.02. The molecule has 0 radical (unpaired) electrons. The van der Waals surface area contributed by atoms with Crippen LogP contribution in [0.4, 0.5) is 0 Å². The fraction of sp³-hybridized carbons (Fsp3) is 0.583. The summed E-state index contributed by atoms with van der Waals surface area (Å²) in [6.07, 6.45) is 2.00. The van der Waals surface area contributed by atoms with Crippen LogP contribution in [0, 0.1) is 0 Å². The number of ether oxygens (including phenoxy) is 1. The Hall–Kier alpha value is 0.0451. The van der Waals surface area contributed by atoms with Crippen LogP contribution >= 0.6 is 0 Å². The number of hydrogen-bond donors (Lipinski definition) is 0. The molecule has 1 aliphatic rings. The van der Waals surface area contributed by atoms with Gasteiger partial charge in [-0.05, 0) is 0 Å². The molecule has 0 saturated heterocycles. The van der Waals surface area contributed by atoms with Crippen molar-refractivity contribution in [1.82, 2.24) is 0 Å². The van der Waals surface area contributed by atoms with Gasteiger partial charge >= 0.3 is 108 Å². The Morgan fingerprint density at radius 2 is 2.13 bits per heavy atom. The topological polar surface area (TPSA) is 26.3 Å². The zero-order chi connectivity index (χ0) is 11.6. The summed E-state index contributed by atoms with van der Waals surface area (Å²) in [4.78, 5) is 12.0. The van der Waals surface area contributed by atoms with Gasteiger partial charge in [0, 0.05) is 0 Å². The van der Waals surface area contributed by atoms with Crippen molar-refractivity contribution >= 4 is 5.78 Å².